The van der Waals surface area contributed by atoms with E-state index in [0.29, 0.717) is 42.6 Å². The molecule has 1 saturated heterocycles. The van der Waals surface area contributed by atoms with Crippen LogP contribution in [0.1, 0.15) is 19.8 Å². The first-order valence-electron chi connectivity index (χ1n) is 9.37. The predicted molar refractivity (Wildman–Crippen MR) is 105 cm³/mol. The third kappa shape index (κ3) is 4.94. The van der Waals surface area contributed by atoms with Crippen LogP contribution in [0.15, 0.2) is 18.2 Å². The number of halogens is 1. The number of nitrogens with zero attached hydrogens (tertiary/aromatic N) is 2. The highest BCUT2D eigenvalue weighted by Gasteiger charge is 2.32. The molecule has 1 aromatic carbocycles. The maximum atomic E-state index is 12.6. The van der Waals surface area contributed by atoms with Crippen molar-refractivity contribution < 1.29 is 19.1 Å². The van der Waals surface area contributed by atoms with Gasteiger partial charge in [0.25, 0.3) is 0 Å². The summed E-state index contributed by atoms with van der Waals surface area (Å²) < 4.78 is 5.10. The molecular formula is C19H25ClN4O4. The number of hydrogen-bond acceptors (Lipinski definition) is 5. The van der Waals surface area contributed by atoms with Crippen molar-refractivity contribution in [2.45, 2.75) is 31.8 Å². The Labute approximate surface area is 169 Å². The third-order valence-corrected chi connectivity index (χ3v) is 5.35. The first kappa shape index (κ1) is 20.4. The van der Waals surface area contributed by atoms with Gasteiger partial charge in [-0.3, -0.25) is 19.3 Å². The summed E-state index contributed by atoms with van der Waals surface area (Å²) in [6.07, 6.45) is 1.89. The van der Waals surface area contributed by atoms with Crippen LogP contribution in [0.5, 0.6) is 5.75 Å². The minimum absolute atomic E-state index is 0.160. The molecule has 152 valence electrons. The largest absolute Gasteiger partial charge is 0.495 e. The minimum Gasteiger partial charge on any atom is -0.495 e. The lowest BCUT2D eigenvalue weighted by Gasteiger charge is -2.37. The Morgan fingerprint density at radius 1 is 1.18 bits per heavy atom. The lowest BCUT2D eigenvalue weighted by atomic mass is 10.2. The topological polar surface area (TPSA) is 91.0 Å². The van der Waals surface area contributed by atoms with E-state index in [1.165, 1.54) is 7.11 Å². The number of carbonyl (C=O) groups excluding carboxylic acids is 3. The Hall–Kier alpha value is -2.32. The van der Waals surface area contributed by atoms with E-state index in [1.807, 2.05) is 11.8 Å². The molecule has 1 unspecified atom stereocenters. The Morgan fingerprint density at radius 2 is 1.86 bits per heavy atom. The van der Waals surface area contributed by atoms with E-state index in [-0.39, 0.29) is 18.0 Å². The van der Waals surface area contributed by atoms with Crippen molar-refractivity contribution in [2.75, 3.05) is 38.6 Å². The molecule has 0 radical (unpaired) electrons. The number of rotatable bonds is 5. The van der Waals surface area contributed by atoms with Gasteiger partial charge in [-0.2, -0.15) is 0 Å². The summed E-state index contributed by atoms with van der Waals surface area (Å²) in [6.45, 7) is 3.71. The highest BCUT2D eigenvalue weighted by Crippen LogP contribution is 2.27. The van der Waals surface area contributed by atoms with Gasteiger partial charge < -0.3 is 20.3 Å². The van der Waals surface area contributed by atoms with Gasteiger partial charge >= 0.3 is 11.8 Å². The molecule has 8 nitrogen and oxygen atoms in total. The Balaban J connectivity index is 1.49. The van der Waals surface area contributed by atoms with Crippen LogP contribution < -0.4 is 15.4 Å². The molecule has 0 spiro atoms. The molecule has 0 bridgehead atoms. The van der Waals surface area contributed by atoms with Crippen LogP contribution in [-0.2, 0) is 14.4 Å². The lowest BCUT2D eigenvalue weighted by Crippen LogP contribution is -2.56. The maximum absolute atomic E-state index is 12.6. The number of hydrogen-bond donors (Lipinski definition) is 2. The van der Waals surface area contributed by atoms with Crippen molar-refractivity contribution in [1.82, 2.24) is 15.1 Å². The number of anilines is 1. The van der Waals surface area contributed by atoms with Gasteiger partial charge in [-0.05, 0) is 38.0 Å². The third-order valence-electron chi connectivity index (χ3n) is 5.05. The second-order valence-electron chi connectivity index (χ2n) is 7.09. The predicted octanol–water partition coefficient (Wildman–Crippen LogP) is 1.10. The van der Waals surface area contributed by atoms with Gasteiger partial charge in [0.05, 0.1) is 18.2 Å². The Morgan fingerprint density at radius 3 is 2.43 bits per heavy atom. The van der Waals surface area contributed by atoms with Gasteiger partial charge in [0.2, 0.25) is 5.91 Å². The molecule has 2 aliphatic rings. The number of piperazine rings is 1. The van der Waals surface area contributed by atoms with E-state index >= 15 is 0 Å². The average molecular weight is 409 g/mol. The molecular weight excluding hydrogens is 384 g/mol. The van der Waals surface area contributed by atoms with Crippen LogP contribution in [0.3, 0.4) is 0 Å². The van der Waals surface area contributed by atoms with Gasteiger partial charge in [-0.25, -0.2) is 0 Å². The van der Waals surface area contributed by atoms with Gasteiger partial charge in [-0.15, -0.1) is 0 Å². The highest BCUT2D eigenvalue weighted by atomic mass is 35.5. The second kappa shape index (κ2) is 8.79. The SMILES string of the molecule is COc1ccc(NC(=O)C(C)N2CCN(C(=O)C(=O)NC3CC3)CC2)cc1Cl. The minimum atomic E-state index is -0.530. The summed E-state index contributed by atoms with van der Waals surface area (Å²) in [6, 6.07) is 4.84. The molecule has 1 atom stereocenters. The van der Waals surface area contributed by atoms with Crippen molar-refractivity contribution in [3.8, 4) is 5.75 Å². The number of methoxy groups -OCH3 is 1. The van der Waals surface area contributed by atoms with Crippen LogP contribution in [0, 0.1) is 0 Å². The summed E-state index contributed by atoms with van der Waals surface area (Å²) in [5.41, 5.74) is 0.591. The molecule has 2 fully saturated rings. The molecule has 2 N–H and O–H groups in total. The number of benzene rings is 1. The second-order valence-corrected chi connectivity index (χ2v) is 7.50. The molecule has 1 aromatic rings. The average Bonchev–Trinajstić information content (AvgIpc) is 3.51. The molecule has 3 rings (SSSR count). The van der Waals surface area contributed by atoms with Crippen molar-refractivity contribution in [2.24, 2.45) is 0 Å². The van der Waals surface area contributed by atoms with E-state index in [4.69, 9.17) is 16.3 Å². The normalized spacial score (nSPS) is 18.3. The van der Waals surface area contributed by atoms with Gasteiger partial charge in [0.1, 0.15) is 5.75 Å². The van der Waals surface area contributed by atoms with E-state index < -0.39 is 11.8 Å². The van der Waals surface area contributed by atoms with Crippen LogP contribution in [0.4, 0.5) is 5.69 Å². The molecule has 1 heterocycles. The summed E-state index contributed by atoms with van der Waals surface area (Å²) >= 11 is 6.09. The smallest absolute Gasteiger partial charge is 0.311 e. The van der Waals surface area contributed by atoms with Crippen molar-refractivity contribution in [3.63, 3.8) is 0 Å². The van der Waals surface area contributed by atoms with Gasteiger partial charge in [0, 0.05) is 37.9 Å². The Bertz CT molecular complexity index is 760. The van der Waals surface area contributed by atoms with Crippen LogP contribution in [0.25, 0.3) is 0 Å². The monoisotopic (exact) mass is 408 g/mol. The highest BCUT2D eigenvalue weighted by molar-refractivity contribution is 6.35. The quantitative estimate of drug-likeness (QED) is 0.712. The molecule has 3 amide bonds. The summed E-state index contributed by atoms with van der Waals surface area (Å²) in [5, 5.41) is 5.98. The molecule has 0 aromatic heterocycles. The van der Waals surface area contributed by atoms with Crippen molar-refractivity contribution in [1.29, 1.82) is 0 Å². The van der Waals surface area contributed by atoms with Gasteiger partial charge in [0.15, 0.2) is 0 Å². The van der Waals surface area contributed by atoms with E-state index in [0.717, 1.165) is 12.8 Å². The fraction of sp³-hybridized carbons (Fsp3) is 0.526. The molecule has 1 aliphatic heterocycles. The number of amides is 3. The zero-order valence-corrected chi connectivity index (χ0v) is 16.8. The first-order chi connectivity index (χ1) is 13.4. The molecule has 28 heavy (non-hydrogen) atoms. The lowest BCUT2D eigenvalue weighted by molar-refractivity contribution is -0.147. The fourth-order valence-electron chi connectivity index (χ4n) is 3.09. The Kier molecular flexibility index (Phi) is 6.41. The van der Waals surface area contributed by atoms with Crippen LogP contribution in [0.2, 0.25) is 5.02 Å². The number of nitrogens with one attached hydrogen (secondary N) is 2. The summed E-state index contributed by atoms with van der Waals surface area (Å²) in [7, 11) is 1.53. The standard InChI is InChI=1S/C19H25ClN4O4/c1-12(17(25)22-14-5-6-16(28-2)15(20)11-14)23-7-9-24(10-8-23)19(27)18(26)21-13-3-4-13/h5-6,11-13H,3-4,7-10H2,1-2H3,(H,21,26)(H,22,25). The molecule has 1 aliphatic carbocycles. The van der Waals surface area contributed by atoms with Crippen LogP contribution >= 0.6 is 11.6 Å². The van der Waals surface area contributed by atoms with Crippen molar-refractivity contribution >= 4 is 35.0 Å². The fourth-order valence-corrected chi connectivity index (χ4v) is 3.35. The number of ether oxygens (including phenoxy) is 1. The molecule has 9 heteroatoms. The number of carbonyl (C=O) groups is 3. The zero-order chi connectivity index (χ0) is 20.3. The van der Waals surface area contributed by atoms with Crippen molar-refractivity contribution in [3.05, 3.63) is 23.2 Å². The maximum Gasteiger partial charge on any atom is 0.311 e. The molecule has 1 saturated carbocycles. The van der Waals surface area contributed by atoms with E-state index in [1.54, 1.807) is 23.1 Å². The van der Waals surface area contributed by atoms with Crippen LogP contribution in [-0.4, -0.2) is 72.9 Å². The van der Waals surface area contributed by atoms with Gasteiger partial charge in [-0.1, -0.05) is 11.6 Å². The zero-order valence-electron chi connectivity index (χ0n) is 16.0. The van der Waals surface area contributed by atoms with E-state index in [9.17, 15) is 14.4 Å². The van der Waals surface area contributed by atoms with E-state index in [2.05, 4.69) is 10.6 Å². The summed E-state index contributed by atoms with van der Waals surface area (Å²) in [4.78, 5) is 40.2. The first-order valence-corrected chi connectivity index (χ1v) is 9.75. The summed E-state index contributed by atoms with van der Waals surface area (Å²) in [5.74, 6) is -0.638.